The normalized spacial score (nSPS) is 19.8. The molecule has 1 aromatic carbocycles. The fourth-order valence-corrected chi connectivity index (χ4v) is 4.36. The van der Waals surface area contributed by atoms with Gasteiger partial charge < -0.3 is 10.3 Å². The Morgan fingerprint density at radius 1 is 1.32 bits per heavy atom. The summed E-state index contributed by atoms with van der Waals surface area (Å²) in [6.45, 7) is 0. The number of fused-ring (bicyclic) bond motifs is 1. The van der Waals surface area contributed by atoms with E-state index in [0.29, 0.717) is 23.8 Å². The van der Waals surface area contributed by atoms with Crippen LogP contribution >= 0.6 is 11.6 Å². The van der Waals surface area contributed by atoms with Gasteiger partial charge in [-0.05, 0) is 25.0 Å². The van der Waals surface area contributed by atoms with E-state index >= 15 is 0 Å². The Hall–Kier alpha value is -1.27. The Balaban J connectivity index is 2.08. The van der Waals surface area contributed by atoms with Gasteiger partial charge in [0.15, 0.2) is 0 Å². The first-order valence-electron chi connectivity index (χ1n) is 6.10. The van der Waals surface area contributed by atoms with Crippen molar-refractivity contribution in [2.75, 3.05) is 17.2 Å². The summed E-state index contributed by atoms with van der Waals surface area (Å²) in [5.41, 5.74) is 7.51. The van der Waals surface area contributed by atoms with E-state index in [9.17, 15) is 8.42 Å². The lowest BCUT2D eigenvalue weighted by Gasteiger charge is -2.24. The third-order valence-electron chi connectivity index (χ3n) is 3.58. The van der Waals surface area contributed by atoms with Crippen molar-refractivity contribution in [3.8, 4) is 0 Å². The molecule has 1 saturated heterocycles. The summed E-state index contributed by atoms with van der Waals surface area (Å²) in [6.07, 6.45) is 1.12. The lowest BCUT2D eigenvalue weighted by Crippen LogP contribution is -2.26. The van der Waals surface area contributed by atoms with Gasteiger partial charge in [-0.3, -0.25) is 0 Å². The number of anilines is 1. The maximum Gasteiger partial charge on any atom is 0.201 e. The summed E-state index contributed by atoms with van der Waals surface area (Å²) in [5.74, 6) is 0.787. The minimum atomic E-state index is -2.89. The zero-order valence-corrected chi connectivity index (χ0v) is 11.8. The quantitative estimate of drug-likeness (QED) is 0.874. The number of para-hydroxylation sites is 1. The summed E-state index contributed by atoms with van der Waals surface area (Å²) in [5, 5.41) is 0.593. The van der Waals surface area contributed by atoms with Gasteiger partial charge in [-0.25, -0.2) is 13.4 Å². The zero-order chi connectivity index (χ0) is 13.6. The molecule has 1 aromatic heterocycles. The van der Waals surface area contributed by atoms with Crippen molar-refractivity contribution in [1.29, 1.82) is 0 Å². The van der Waals surface area contributed by atoms with Crippen LogP contribution < -0.4 is 5.73 Å². The third-order valence-corrected chi connectivity index (χ3v) is 5.60. The van der Waals surface area contributed by atoms with Crippen molar-refractivity contribution in [1.82, 2.24) is 9.55 Å². The number of aromatic nitrogens is 2. The number of nitrogens with zero attached hydrogens (tertiary/aromatic N) is 2. The van der Waals surface area contributed by atoms with Gasteiger partial charge in [-0.15, -0.1) is 0 Å². The summed E-state index contributed by atoms with van der Waals surface area (Å²) in [6, 6.07) is 5.52. The van der Waals surface area contributed by atoms with Gasteiger partial charge in [0.1, 0.15) is 9.84 Å². The van der Waals surface area contributed by atoms with E-state index in [1.54, 1.807) is 6.07 Å². The molecule has 5 nitrogen and oxygen atoms in total. The number of hydrogen-bond acceptors (Lipinski definition) is 4. The minimum Gasteiger partial charge on any atom is -0.369 e. The Morgan fingerprint density at radius 2 is 2.00 bits per heavy atom. The number of nitrogen functional groups attached to an aromatic ring is 1. The second-order valence-electron chi connectivity index (χ2n) is 4.83. The smallest absolute Gasteiger partial charge is 0.201 e. The molecule has 1 fully saturated rings. The van der Waals surface area contributed by atoms with Gasteiger partial charge in [0, 0.05) is 6.04 Å². The highest BCUT2D eigenvalue weighted by Crippen LogP contribution is 2.33. The van der Waals surface area contributed by atoms with Gasteiger partial charge in [0.25, 0.3) is 0 Å². The molecule has 0 bridgehead atoms. The molecule has 1 aliphatic heterocycles. The maximum absolute atomic E-state index is 11.5. The fraction of sp³-hybridized carbons (Fsp3) is 0.417. The Labute approximate surface area is 116 Å². The second-order valence-corrected chi connectivity index (χ2v) is 7.54. The predicted molar refractivity (Wildman–Crippen MR) is 76.1 cm³/mol. The van der Waals surface area contributed by atoms with Gasteiger partial charge in [-0.2, -0.15) is 0 Å². The van der Waals surface area contributed by atoms with Crippen LogP contribution in [0.3, 0.4) is 0 Å². The molecule has 2 heterocycles. The van der Waals surface area contributed by atoms with Gasteiger partial charge in [0.2, 0.25) is 5.95 Å². The highest BCUT2D eigenvalue weighted by molar-refractivity contribution is 7.91. The molecule has 3 rings (SSSR count). The molecular formula is C12H14ClN3O2S. The maximum atomic E-state index is 11.5. The van der Waals surface area contributed by atoms with Crippen molar-refractivity contribution in [2.24, 2.45) is 0 Å². The standard InChI is InChI=1S/C12H14ClN3O2S/c13-9-2-1-3-10-11(9)16(12(14)15-10)8-4-6-19(17,18)7-5-8/h1-3,8H,4-7H2,(H2,14,15). The molecule has 0 spiro atoms. The van der Waals surface area contributed by atoms with Crippen molar-refractivity contribution in [2.45, 2.75) is 18.9 Å². The second kappa shape index (κ2) is 4.38. The molecule has 102 valence electrons. The summed E-state index contributed by atoms with van der Waals surface area (Å²) in [7, 11) is -2.89. The van der Waals surface area contributed by atoms with E-state index in [2.05, 4.69) is 4.98 Å². The highest BCUT2D eigenvalue weighted by Gasteiger charge is 2.27. The van der Waals surface area contributed by atoms with Crippen LogP contribution in [0.5, 0.6) is 0 Å². The number of nitrogens with two attached hydrogens (primary N) is 1. The van der Waals surface area contributed by atoms with E-state index < -0.39 is 9.84 Å². The number of hydrogen-bond donors (Lipinski definition) is 1. The molecule has 1 aliphatic rings. The van der Waals surface area contributed by atoms with Crippen molar-refractivity contribution < 1.29 is 8.42 Å². The van der Waals surface area contributed by atoms with Crippen LogP contribution in [-0.2, 0) is 9.84 Å². The van der Waals surface area contributed by atoms with Crippen LogP contribution in [0.2, 0.25) is 5.02 Å². The Bertz CT molecular complexity index is 725. The summed E-state index contributed by atoms with van der Waals surface area (Å²) < 4.78 is 24.9. The van der Waals surface area contributed by atoms with E-state index in [4.69, 9.17) is 17.3 Å². The summed E-state index contributed by atoms with van der Waals surface area (Å²) >= 11 is 6.22. The van der Waals surface area contributed by atoms with Gasteiger partial charge >= 0.3 is 0 Å². The van der Waals surface area contributed by atoms with Crippen LogP contribution in [0.15, 0.2) is 18.2 Å². The van der Waals surface area contributed by atoms with Gasteiger partial charge in [-0.1, -0.05) is 17.7 Å². The van der Waals surface area contributed by atoms with Crippen molar-refractivity contribution >= 4 is 38.4 Å². The average molecular weight is 300 g/mol. The molecule has 0 amide bonds. The van der Waals surface area contributed by atoms with E-state index in [-0.39, 0.29) is 17.5 Å². The number of sulfone groups is 1. The lowest BCUT2D eigenvalue weighted by molar-refractivity contribution is 0.463. The number of rotatable bonds is 1. The zero-order valence-electron chi connectivity index (χ0n) is 10.2. The molecule has 7 heteroatoms. The molecule has 0 aliphatic carbocycles. The molecule has 2 aromatic rings. The third kappa shape index (κ3) is 2.19. The number of imidazole rings is 1. The van der Waals surface area contributed by atoms with Crippen LogP contribution in [0, 0.1) is 0 Å². The van der Waals surface area contributed by atoms with Crippen molar-refractivity contribution in [3.05, 3.63) is 23.2 Å². The van der Waals surface area contributed by atoms with Crippen LogP contribution in [-0.4, -0.2) is 29.5 Å². The van der Waals surface area contributed by atoms with E-state index in [1.807, 2.05) is 16.7 Å². The van der Waals surface area contributed by atoms with Gasteiger partial charge in [0.05, 0.1) is 27.6 Å². The van der Waals surface area contributed by atoms with Crippen LogP contribution in [0.25, 0.3) is 11.0 Å². The van der Waals surface area contributed by atoms with E-state index in [1.165, 1.54) is 0 Å². The Kier molecular flexibility index (Phi) is 2.94. The fourth-order valence-electron chi connectivity index (χ4n) is 2.63. The molecule has 0 atom stereocenters. The predicted octanol–water partition coefficient (Wildman–Crippen LogP) is 2.02. The first-order valence-corrected chi connectivity index (χ1v) is 8.30. The SMILES string of the molecule is Nc1nc2cccc(Cl)c2n1C1CCS(=O)(=O)CC1. The van der Waals surface area contributed by atoms with Crippen molar-refractivity contribution in [3.63, 3.8) is 0 Å². The van der Waals surface area contributed by atoms with E-state index in [0.717, 1.165) is 11.0 Å². The largest absolute Gasteiger partial charge is 0.369 e. The number of halogens is 1. The molecule has 0 unspecified atom stereocenters. The number of benzene rings is 1. The lowest BCUT2D eigenvalue weighted by atomic mass is 10.1. The topological polar surface area (TPSA) is 78.0 Å². The Morgan fingerprint density at radius 3 is 2.68 bits per heavy atom. The first-order chi connectivity index (χ1) is 8.98. The molecule has 0 saturated carbocycles. The minimum absolute atomic E-state index is 0.0495. The monoisotopic (exact) mass is 299 g/mol. The van der Waals surface area contributed by atoms with Crippen LogP contribution in [0.4, 0.5) is 5.95 Å². The summed E-state index contributed by atoms with van der Waals surface area (Å²) in [4.78, 5) is 4.29. The first kappa shape index (κ1) is 12.7. The molecule has 19 heavy (non-hydrogen) atoms. The molecule has 0 radical (unpaired) electrons. The molecular weight excluding hydrogens is 286 g/mol. The molecule has 2 N–H and O–H groups in total. The highest BCUT2D eigenvalue weighted by atomic mass is 35.5. The van der Waals surface area contributed by atoms with Crippen LogP contribution in [0.1, 0.15) is 18.9 Å². The average Bonchev–Trinajstić information content (AvgIpc) is 2.67.